The van der Waals surface area contributed by atoms with Crippen molar-refractivity contribution in [1.29, 1.82) is 10.8 Å². The third kappa shape index (κ3) is 8.54. The maximum absolute atomic E-state index is 13.1. The van der Waals surface area contributed by atoms with Gasteiger partial charge in [0.1, 0.15) is 17.1 Å². The van der Waals surface area contributed by atoms with Crippen LogP contribution in [-0.2, 0) is 27.1 Å². The van der Waals surface area contributed by atoms with Crippen molar-refractivity contribution in [3.05, 3.63) is 58.7 Å². The summed E-state index contributed by atoms with van der Waals surface area (Å²) in [6.45, 7) is 10.3. The van der Waals surface area contributed by atoms with Crippen LogP contribution >= 0.6 is 11.8 Å². The highest BCUT2D eigenvalue weighted by molar-refractivity contribution is 8.09. The molecule has 0 saturated heterocycles. The zero-order chi connectivity index (χ0) is 28.1. The van der Waals surface area contributed by atoms with Gasteiger partial charge in [-0.1, -0.05) is 32.1 Å². The van der Waals surface area contributed by atoms with E-state index in [-0.39, 0.29) is 22.5 Å². The van der Waals surface area contributed by atoms with Gasteiger partial charge in [0.15, 0.2) is 0 Å². The Labute approximate surface area is 230 Å². The molecule has 1 aliphatic heterocycles. The molecule has 0 bridgehead atoms. The average Bonchev–Trinajstić information content (AvgIpc) is 3.41. The maximum atomic E-state index is 13.1. The lowest BCUT2D eigenvalue weighted by Crippen LogP contribution is -2.40. The van der Waals surface area contributed by atoms with Crippen molar-refractivity contribution in [2.45, 2.75) is 45.8 Å². The minimum atomic E-state index is -0.357. The lowest BCUT2D eigenvalue weighted by atomic mass is 10.1. The third-order valence-corrected chi connectivity index (χ3v) is 7.08. The molecule has 2 aromatic rings. The molecule has 1 atom stereocenters. The predicted octanol–water partition coefficient (Wildman–Crippen LogP) is 4.00. The number of methoxy groups -OCH3 is 2. The number of nitrogens with zero attached hydrogens (tertiary/aromatic N) is 3. The van der Waals surface area contributed by atoms with Gasteiger partial charge in [-0.3, -0.25) is 15.6 Å². The van der Waals surface area contributed by atoms with Crippen LogP contribution in [0.4, 0.5) is 0 Å². The number of benzene rings is 1. The van der Waals surface area contributed by atoms with Crippen LogP contribution in [0.25, 0.3) is 4.91 Å². The summed E-state index contributed by atoms with van der Waals surface area (Å²) in [7, 11) is 3.23. The van der Waals surface area contributed by atoms with Crippen LogP contribution in [0.15, 0.2) is 36.4 Å². The Balaban J connectivity index is 0.00000247. The molecule has 0 fully saturated rings. The van der Waals surface area contributed by atoms with Crippen molar-refractivity contribution in [3.63, 3.8) is 0 Å². The molecule has 208 valence electrons. The van der Waals surface area contributed by atoms with Crippen molar-refractivity contribution in [2.75, 3.05) is 47.1 Å². The van der Waals surface area contributed by atoms with Gasteiger partial charge >= 0.3 is 0 Å². The number of thioether (sulfide) groups is 1. The van der Waals surface area contributed by atoms with Crippen molar-refractivity contribution in [2.24, 2.45) is 0 Å². The second-order valence-corrected chi connectivity index (χ2v) is 9.79. The topological polar surface area (TPSA) is 114 Å². The number of allylic oxidation sites excluding steroid dienone is 1. The summed E-state index contributed by atoms with van der Waals surface area (Å²) in [6, 6.07) is 9.34. The Bertz CT molecular complexity index is 1160. The minimum Gasteiger partial charge on any atom is -0.493 e. The van der Waals surface area contributed by atoms with Gasteiger partial charge < -0.3 is 19.1 Å². The molecule has 0 radical (unpaired) electrons. The number of carbonyl (C=O) groups is 1. The van der Waals surface area contributed by atoms with E-state index in [2.05, 4.69) is 11.2 Å². The van der Waals surface area contributed by atoms with Crippen molar-refractivity contribution < 1.29 is 19.0 Å². The lowest BCUT2D eigenvalue weighted by molar-refractivity contribution is -0.131. The SMILES string of the molecule is C/C=C(\SC(C)C(=O)N(CCOC)CCOC)c1ccc(=N)n(C(=N)Cc2ccc3c(c2)CCO3)n1.CC. The number of ether oxygens (including phenoxy) is 3. The molecule has 1 aromatic heterocycles. The first-order valence-corrected chi connectivity index (χ1v) is 13.8. The highest BCUT2D eigenvalue weighted by Crippen LogP contribution is 2.30. The van der Waals surface area contributed by atoms with E-state index in [0.29, 0.717) is 45.0 Å². The smallest absolute Gasteiger partial charge is 0.235 e. The Morgan fingerprint density at radius 2 is 1.89 bits per heavy atom. The van der Waals surface area contributed by atoms with E-state index >= 15 is 0 Å². The van der Waals surface area contributed by atoms with Gasteiger partial charge in [0, 0.05) is 45.1 Å². The quantitative estimate of drug-likeness (QED) is 0.309. The number of carbonyl (C=O) groups excluding carboxylic acids is 1. The summed E-state index contributed by atoms with van der Waals surface area (Å²) in [5, 5.41) is 21.2. The number of hydrogen-bond acceptors (Lipinski definition) is 8. The molecule has 10 heteroatoms. The molecule has 3 rings (SSSR count). The largest absolute Gasteiger partial charge is 0.493 e. The van der Waals surface area contributed by atoms with Crippen LogP contribution in [0.2, 0.25) is 0 Å². The summed E-state index contributed by atoms with van der Waals surface area (Å²) in [5.41, 5.74) is 2.87. The first kappa shape index (κ1) is 31.3. The van der Waals surface area contributed by atoms with E-state index in [1.165, 1.54) is 16.4 Å². The summed E-state index contributed by atoms with van der Waals surface area (Å²) >= 11 is 1.41. The molecule has 0 spiro atoms. The van der Waals surface area contributed by atoms with Gasteiger partial charge in [-0.25, -0.2) is 4.68 Å². The molecule has 0 saturated carbocycles. The Kier molecular flexibility index (Phi) is 13.3. The average molecular weight is 544 g/mol. The predicted molar refractivity (Wildman–Crippen MR) is 153 cm³/mol. The molecule has 38 heavy (non-hydrogen) atoms. The molecule has 1 amide bonds. The maximum Gasteiger partial charge on any atom is 0.235 e. The first-order valence-electron chi connectivity index (χ1n) is 12.9. The zero-order valence-corrected chi connectivity index (χ0v) is 24.2. The van der Waals surface area contributed by atoms with Crippen LogP contribution in [0.1, 0.15) is 44.5 Å². The van der Waals surface area contributed by atoms with Crippen LogP contribution in [0.5, 0.6) is 5.75 Å². The van der Waals surface area contributed by atoms with Gasteiger partial charge in [-0.2, -0.15) is 5.10 Å². The number of amides is 1. The fraction of sp³-hybridized carbons (Fsp3) is 0.500. The summed E-state index contributed by atoms with van der Waals surface area (Å²) in [4.78, 5) is 15.7. The number of fused-ring (bicyclic) bond motifs is 1. The summed E-state index contributed by atoms with van der Waals surface area (Å²) in [6.07, 6.45) is 3.12. The van der Waals surface area contributed by atoms with E-state index < -0.39 is 0 Å². The summed E-state index contributed by atoms with van der Waals surface area (Å²) in [5.74, 6) is 1.10. The van der Waals surface area contributed by atoms with Crippen molar-refractivity contribution in [3.8, 4) is 5.75 Å². The van der Waals surface area contributed by atoms with Crippen LogP contribution in [0, 0.1) is 10.8 Å². The Hall–Kier alpha value is -2.95. The van der Waals surface area contributed by atoms with E-state index in [4.69, 9.17) is 25.0 Å². The minimum absolute atomic E-state index is 0.00762. The number of nitrogens with one attached hydrogen (secondary N) is 2. The molecule has 9 nitrogen and oxygen atoms in total. The fourth-order valence-electron chi connectivity index (χ4n) is 3.89. The highest BCUT2D eigenvalue weighted by atomic mass is 32.2. The van der Waals surface area contributed by atoms with Gasteiger partial charge in [0.05, 0.1) is 30.8 Å². The standard InChI is InChI=1S/C26H35N5O4S.C2H6/c1-5-23(36-18(2)26(32)30(11-14-33-3)12-15-34-4)21-7-9-24(27)31(29-21)25(28)17-19-6-8-22-20(16-19)10-13-35-22;1-2/h5-9,16,18,27-28H,10-15,17H2,1-4H3;1-2H3/b23-5-,27-24?,28-25?;. The monoisotopic (exact) mass is 543 g/mol. The number of rotatable bonds is 12. The molecule has 1 aromatic carbocycles. The number of aromatic nitrogens is 2. The van der Waals surface area contributed by atoms with E-state index in [1.807, 2.05) is 45.9 Å². The molecule has 2 N–H and O–H groups in total. The van der Waals surface area contributed by atoms with E-state index in [9.17, 15) is 4.79 Å². The second kappa shape index (κ2) is 16.1. The molecular formula is C28H41N5O4S. The van der Waals surface area contributed by atoms with Gasteiger partial charge in [0.2, 0.25) is 5.91 Å². The van der Waals surface area contributed by atoms with Gasteiger partial charge in [0.25, 0.3) is 0 Å². The first-order chi connectivity index (χ1) is 18.4. The highest BCUT2D eigenvalue weighted by Gasteiger charge is 2.23. The molecule has 2 heterocycles. The zero-order valence-electron chi connectivity index (χ0n) is 23.4. The molecule has 1 aliphatic rings. The molecular weight excluding hydrogens is 502 g/mol. The van der Waals surface area contributed by atoms with Gasteiger partial charge in [-0.15, -0.1) is 11.8 Å². The Morgan fingerprint density at radius 3 is 2.53 bits per heavy atom. The van der Waals surface area contributed by atoms with Crippen molar-refractivity contribution in [1.82, 2.24) is 14.7 Å². The lowest BCUT2D eigenvalue weighted by Gasteiger charge is -2.25. The van der Waals surface area contributed by atoms with Crippen molar-refractivity contribution >= 4 is 28.4 Å². The van der Waals surface area contributed by atoms with E-state index in [1.54, 1.807) is 31.3 Å². The molecule has 1 unspecified atom stereocenters. The molecule has 0 aliphatic carbocycles. The van der Waals surface area contributed by atoms with Crippen LogP contribution < -0.4 is 10.2 Å². The van der Waals surface area contributed by atoms with Crippen LogP contribution in [-0.4, -0.2) is 78.8 Å². The Morgan fingerprint density at radius 1 is 1.21 bits per heavy atom. The third-order valence-electron chi connectivity index (χ3n) is 5.82. The number of hydrogen-bond donors (Lipinski definition) is 2. The van der Waals surface area contributed by atoms with Crippen LogP contribution in [0.3, 0.4) is 0 Å². The fourth-order valence-corrected chi connectivity index (χ4v) is 4.88. The van der Waals surface area contributed by atoms with Gasteiger partial charge in [-0.05, 0) is 43.2 Å². The normalized spacial score (nSPS) is 13.2. The van der Waals surface area contributed by atoms with E-state index in [0.717, 1.165) is 28.2 Å². The second-order valence-electron chi connectivity index (χ2n) is 8.40. The summed E-state index contributed by atoms with van der Waals surface area (Å²) < 4.78 is 17.2.